The zero-order valence-corrected chi connectivity index (χ0v) is 11.8. The van der Waals surface area contributed by atoms with Gasteiger partial charge in [-0.25, -0.2) is 9.97 Å². The summed E-state index contributed by atoms with van der Waals surface area (Å²) in [4.78, 5) is 11.0. The molecule has 1 aliphatic rings. The van der Waals surface area contributed by atoms with Crippen LogP contribution in [0.5, 0.6) is 0 Å². The molecule has 1 aromatic carbocycles. The van der Waals surface area contributed by atoms with E-state index in [9.17, 15) is 0 Å². The van der Waals surface area contributed by atoms with E-state index in [1.807, 2.05) is 13.0 Å². The smallest absolute Gasteiger partial charge is 0.226 e. The summed E-state index contributed by atoms with van der Waals surface area (Å²) < 4.78 is 0. The number of amidine groups is 1. The lowest BCUT2D eigenvalue weighted by molar-refractivity contribution is 0.318. The predicted octanol–water partition coefficient (Wildman–Crippen LogP) is 1.44. The highest BCUT2D eigenvalue weighted by Crippen LogP contribution is 2.22. The average molecular weight is 283 g/mol. The number of aromatic nitrogens is 2. The number of nitrogens with two attached hydrogens (primary N) is 1. The molecular formula is C15H17N5O. The third-order valence-corrected chi connectivity index (χ3v) is 3.63. The van der Waals surface area contributed by atoms with Gasteiger partial charge < -0.3 is 15.8 Å². The lowest BCUT2D eigenvalue weighted by Crippen LogP contribution is -2.32. The molecule has 2 heterocycles. The second-order valence-electron chi connectivity index (χ2n) is 5.12. The van der Waals surface area contributed by atoms with Crippen LogP contribution < -0.4 is 10.6 Å². The number of benzene rings is 1. The Morgan fingerprint density at radius 1 is 1.29 bits per heavy atom. The van der Waals surface area contributed by atoms with Crippen molar-refractivity contribution in [2.75, 3.05) is 11.4 Å². The first kappa shape index (κ1) is 13.4. The van der Waals surface area contributed by atoms with E-state index >= 15 is 0 Å². The van der Waals surface area contributed by atoms with Crippen molar-refractivity contribution in [2.45, 2.75) is 19.9 Å². The summed E-state index contributed by atoms with van der Waals surface area (Å²) in [6.07, 6.45) is 0.965. The minimum absolute atomic E-state index is 0.000778. The maximum atomic E-state index is 8.80. The van der Waals surface area contributed by atoms with E-state index in [2.05, 4.69) is 38.2 Å². The molecule has 3 rings (SSSR count). The van der Waals surface area contributed by atoms with E-state index in [4.69, 9.17) is 10.9 Å². The molecule has 6 nitrogen and oxygen atoms in total. The first-order chi connectivity index (χ1) is 10.2. The molecule has 0 saturated heterocycles. The molecule has 0 bridgehead atoms. The standard InChI is InChI=1S/C15H17N5O/c1-10-8-13(14(16)19-21)18-15(17-10)20-7-6-11-4-2-3-5-12(11)9-20/h2-5,8,21H,6-7,9H2,1H3,(H2,16,19). The molecule has 21 heavy (non-hydrogen) atoms. The van der Waals surface area contributed by atoms with Crippen LogP contribution in [-0.4, -0.2) is 27.6 Å². The van der Waals surface area contributed by atoms with Crippen molar-refractivity contribution in [2.24, 2.45) is 10.9 Å². The summed E-state index contributed by atoms with van der Waals surface area (Å²) in [6.45, 7) is 3.50. The fourth-order valence-electron chi connectivity index (χ4n) is 2.54. The summed E-state index contributed by atoms with van der Waals surface area (Å²) in [7, 11) is 0. The lowest BCUT2D eigenvalue weighted by atomic mass is 10.0. The Hall–Kier alpha value is -2.63. The highest BCUT2D eigenvalue weighted by Gasteiger charge is 2.19. The van der Waals surface area contributed by atoms with Crippen LogP contribution in [0.3, 0.4) is 0 Å². The molecule has 0 amide bonds. The summed E-state index contributed by atoms with van der Waals surface area (Å²) in [5, 5.41) is 11.8. The Bertz CT molecular complexity index is 698. The van der Waals surface area contributed by atoms with Crippen molar-refractivity contribution in [3.63, 3.8) is 0 Å². The summed E-state index contributed by atoms with van der Waals surface area (Å²) in [6, 6.07) is 10.1. The van der Waals surface area contributed by atoms with Gasteiger partial charge in [0.25, 0.3) is 0 Å². The van der Waals surface area contributed by atoms with Gasteiger partial charge in [0.2, 0.25) is 5.95 Å². The summed E-state index contributed by atoms with van der Waals surface area (Å²) in [5.74, 6) is 0.616. The number of anilines is 1. The second kappa shape index (κ2) is 5.40. The highest BCUT2D eigenvalue weighted by molar-refractivity contribution is 5.95. The SMILES string of the molecule is Cc1cc(/C(N)=N/O)nc(N2CCc3ccccc3C2)n1. The molecule has 3 N–H and O–H groups in total. The van der Waals surface area contributed by atoms with Gasteiger partial charge in [-0.05, 0) is 30.5 Å². The Labute approximate surface area is 122 Å². The van der Waals surface area contributed by atoms with Gasteiger partial charge in [0, 0.05) is 18.8 Å². The molecule has 6 heteroatoms. The fraction of sp³-hybridized carbons (Fsp3) is 0.267. The van der Waals surface area contributed by atoms with Gasteiger partial charge in [-0.15, -0.1) is 0 Å². The molecule has 0 aliphatic carbocycles. The van der Waals surface area contributed by atoms with Crippen molar-refractivity contribution in [3.05, 3.63) is 52.8 Å². The van der Waals surface area contributed by atoms with Crippen LogP contribution in [0.2, 0.25) is 0 Å². The number of hydrogen-bond donors (Lipinski definition) is 2. The molecule has 0 spiro atoms. The van der Waals surface area contributed by atoms with E-state index in [0.717, 1.165) is 25.2 Å². The predicted molar refractivity (Wildman–Crippen MR) is 80.5 cm³/mol. The van der Waals surface area contributed by atoms with E-state index in [-0.39, 0.29) is 5.84 Å². The van der Waals surface area contributed by atoms with Gasteiger partial charge in [-0.3, -0.25) is 0 Å². The Morgan fingerprint density at radius 2 is 2.05 bits per heavy atom. The van der Waals surface area contributed by atoms with E-state index in [1.165, 1.54) is 11.1 Å². The summed E-state index contributed by atoms with van der Waals surface area (Å²) in [5.41, 5.74) is 9.53. The maximum absolute atomic E-state index is 8.80. The minimum atomic E-state index is -0.000778. The molecular weight excluding hydrogens is 266 g/mol. The Morgan fingerprint density at radius 3 is 2.81 bits per heavy atom. The minimum Gasteiger partial charge on any atom is -0.409 e. The van der Waals surface area contributed by atoms with Crippen molar-refractivity contribution in [1.29, 1.82) is 0 Å². The van der Waals surface area contributed by atoms with Crippen LogP contribution in [0.15, 0.2) is 35.5 Å². The zero-order chi connectivity index (χ0) is 14.8. The van der Waals surface area contributed by atoms with Crippen LogP contribution in [0.25, 0.3) is 0 Å². The number of hydrogen-bond acceptors (Lipinski definition) is 5. The first-order valence-corrected chi connectivity index (χ1v) is 6.82. The van der Waals surface area contributed by atoms with Crippen LogP contribution in [0.4, 0.5) is 5.95 Å². The number of nitrogens with zero attached hydrogens (tertiary/aromatic N) is 4. The van der Waals surface area contributed by atoms with E-state index < -0.39 is 0 Å². The van der Waals surface area contributed by atoms with Crippen molar-refractivity contribution < 1.29 is 5.21 Å². The van der Waals surface area contributed by atoms with Crippen LogP contribution in [-0.2, 0) is 13.0 Å². The van der Waals surface area contributed by atoms with Gasteiger partial charge in [0.15, 0.2) is 5.84 Å². The van der Waals surface area contributed by atoms with Gasteiger partial charge in [-0.2, -0.15) is 0 Å². The number of rotatable bonds is 2. The van der Waals surface area contributed by atoms with Crippen LogP contribution in [0, 0.1) is 6.92 Å². The normalized spacial score (nSPS) is 14.9. The van der Waals surface area contributed by atoms with E-state index in [0.29, 0.717) is 11.6 Å². The lowest BCUT2D eigenvalue weighted by Gasteiger charge is -2.29. The molecule has 108 valence electrons. The van der Waals surface area contributed by atoms with Gasteiger partial charge in [-0.1, -0.05) is 29.4 Å². The van der Waals surface area contributed by atoms with Gasteiger partial charge >= 0.3 is 0 Å². The van der Waals surface area contributed by atoms with Crippen molar-refractivity contribution in [1.82, 2.24) is 9.97 Å². The quantitative estimate of drug-likeness (QED) is 0.377. The second-order valence-corrected chi connectivity index (χ2v) is 5.12. The van der Waals surface area contributed by atoms with Crippen LogP contribution >= 0.6 is 0 Å². The monoisotopic (exact) mass is 283 g/mol. The topological polar surface area (TPSA) is 87.6 Å². The molecule has 1 aliphatic heterocycles. The number of aryl methyl sites for hydroxylation is 1. The largest absolute Gasteiger partial charge is 0.409 e. The molecule has 1 aromatic heterocycles. The van der Waals surface area contributed by atoms with Crippen molar-refractivity contribution >= 4 is 11.8 Å². The summed E-state index contributed by atoms with van der Waals surface area (Å²) >= 11 is 0. The molecule has 0 radical (unpaired) electrons. The van der Waals surface area contributed by atoms with E-state index in [1.54, 1.807) is 6.07 Å². The number of oxime groups is 1. The van der Waals surface area contributed by atoms with Crippen molar-refractivity contribution in [3.8, 4) is 0 Å². The Kier molecular flexibility index (Phi) is 3.43. The zero-order valence-electron chi connectivity index (χ0n) is 11.8. The molecule has 0 saturated carbocycles. The van der Waals surface area contributed by atoms with Gasteiger partial charge in [0.05, 0.1) is 0 Å². The molecule has 0 unspecified atom stereocenters. The maximum Gasteiger partial charge on any atom is 0.226 e. The molecule has 2 aromatic rings. The molecule has 0 fully saturated rings. The fourth-order valence-corrected chi connectivity index (χ4v) is 2.54. The van der Waals surface area contributed by atoms with Gasteiger partial charge in [0.1, 0.15) is 5.69 Å². The third kappa shape index (κ3) is 2.65. The third-order valence-electron chi connectivity index (χ3n) is 3.63. The highest BCUT2D eigenvalue weighted by atomic mass is 16.4. The average Bonchev–Trinajstić information content (AvgIpc) is 2.53. The first-order valence-electron chi connectivity index (χ1n) is 6.82. The Balaban J connectivity index is 1.93. The number of fused-ring (bicyclic) bond motifs is 1. The van der Waals surface area contributed by atoms with Crippen LogP contribution in [0.1, 0.15) is 22.5 Å². The molecule has 0 atom stereocenters.